The Morgan fingerprint density at radius 2 is 1.87 bits per heavy atom. The Labute approximate surface area is 142 Å². The minimum atomic E-state index is 0.250. The molecule has 0 saturated carbocycles. The van der Waals surface area contributed by atoms with Gasteiger partial charge in [-0.3, -0.25) is 0 Å². The standard InChI is InChI=1S/C16H16N4OS2/c1-2-13(21-5-1)8-17-16-18-14(11-3-6-22-9-11)15(19-20-16)12-4-7-23-10-12/h3-4,6-7,9-10,13H,1-2,5,8H2,(H,17,18,20)/t13-/m0/s1. The number of thiophene rings is 2. The molecule has 4 heterocycles. The fourth-order valence-corrected chi connectivity index (χ4v) is 3.89. The molecule has 1 saturated heterocycles. The zero-order chi connectivity index (χ0) is 15.5. The van der Waals surface area contributed by atoms with Crippen LogP contribution in [0.4, 0.5) is 5.95 Å². The number of anilines is 1. The second kappa shape index (κ2) is 6.74. The first-order valence-electron chi connectivity index (χ1n) is 7.55. The number of nitrogens with one attached hydrogen (secondary N) is 1. The quantitative estimate of drug-likeness (QED) is 0.760. The van der Waals surface area contributed by atoms with Crippen LogP contribution in [-0.4, -0.2) is 34.4 Å². The van der Waals surface area contributed by atoms with Gasteiger partial charge in [0, 0.05) is 35.0 Å². The smallest absolute Gasteiger partial charge is 0.243 e. The van der Waals surface area contributed by atoms with Gasteiger partial charge in [-0.2, -0.15) is 22.7 Å². The number of nitrogens with zero attached hydrogens (tertiary/aromatic N) is 3. The number of hydrogen-bond acceptors (Lipinski definition) is 7. The molecule has 4 rings (SSSR count). The molecule has 0 aromatic carbocycles. The molecule has 0 radical (unpaired) electrons. The molecule has 0 unspecified atom stereocenters. The third-order valence-corrected chi connectivity index (χ3v) is 5.15. The normalized spacial score (nSPS) is 17.5. The minimum absolute atomic E-state index is 0.250. The highest BCUT2D eigenvalue weighted by atomic mass is 32.1. The lowest BCUT2D eigenvalue weighted by Crippen LogP contribution is -2.20. The molecular formula is C16H16N4OS2. The van der Waals surface area contributed by atoms with Gasteiger partial charge in [0.2, 0.25) is 5.95 Å². The van der Waals surface area contributed by atoms with Crippen molar-refractivity contribution >= 4 is 28.6 Å². The van der Waals surface area contributed by atoms with Crippen LogP contribution in [-0.2, 0) is 4.74 Å². The zero-order valence-electron chi connectivity index (χ0n) is 12.4. The average Bonchev–Trinajstić information content (AvgIpc) is 3.36. The van der Waals surface area contributed by atoms with Crippen molar-refractivity contribution in [2.75, 3.05) is 18.5 Å². The van der Waals surface area contributed by atoms with Crippen LogP contribution in [0.15, 0.2) is 33.7 Å². The Morgan fingerprint density at radius 3 is 2.52 bits per heavy atom. The van der Waals surface area contributed by atoms with Gasteiger partial charge < -0.3 is 10.1 Å². The van der Waals surface area contributed by atoms with Gasteiger partial charge in [-0.15, -0.1) is 10.2 Å². The Morgan fingerprint density at radius 1 is 1.09 bits per heavy atom. The van der Waals surface area contributed by atoms with E-state index < -0.39 is 0 Å². The molecule has 0 spiro atoms. The molecule has 0 amide bonds. The molecule has 3 aromatic heterocycles. The third-order valence-electron chi connectivity index (χ3n) is 3.79. The van der Waals surface area contributed by atoms with Gasteiger partial charge in [0.15, 0.2) is 0 Å². The zero-order valence-corrected chi connectivity index (χ0v) is 14.1. The first-order valence-corrected chi connectivity index (χ1v) is 9.44. The van der Waals surface area contributed by atoms with E-state index in [2.05, 4.69) is 32.3 Å². The van der Waals surface area contributed by atoms with Gasteiger partial charge in [0.25, 0.3) is 0 Å². The monoisotopic (exact) mass is 344 g/mol. The Hall–Kier alpha value is -1.83. The summed E-state index contributed by atoms with van der Waals surface area (Å²) in [5, 5.41) is 20.2. The summed E-state index contributed by atoms with van der Waals surface area (Å²) in [7, 11) is 0. The lowest BCUT2D eigenvalue weighted by atomic mass is 10.1. The lowest BCUT2D eigenvalue weighted by Gasteiger charge is -2.12. The molecule has 3 aromatic rings. The fraction of sp³-hybridized carbons (Fsp3) is 0.312. The van der Waals surface area contributed by atoms with Crippen molar-refractivity contribution in [1.29, 1.82) is 0 Å². The van der Waals surface area contributed by atoms with E-state index in [1.807, 2.05) is 16.8 Å². The van der Waals surface area contributed by atoms with E-state index in [0.717, 1.165) is 48.5 Å². The number of aromatic nitrogens is 3. The van der Waals surface area contributed by atoms with Crippen molar-refractivity contribution < 1.29 is 4.74 Å². The Bertz CT molecular complexity index is 753. The second-order valence-corrected chi connectivity index (χ2v) is 6.93. The molecule has 1 aliphatic heterocycles. The fourth-order valence-electron chi connectivity index (χ4n) is 2.61. The SMILES string of the molecule is c1cc(-c2nnc(NC[C@@H]3CCCO3)nc2-c2ccsc2)cs1. The van der Waals surface area contributed by atoms with Crippen LogP contribution < -0.4 is 5.32 Å². The summed E-state index contributed by atoms with van der Waals surface area (Å²) in [6.45, 7) is 1.57. The molecule has 0 bridgehead atoms. The van der Waals surface area contributed by atoms with Crippen LogP contribution in [0.2, 0.25) is 0 Å². The third kappa shape index (κ3) is 3.26. The molecule has 5 nitrogen and oxygen atoms in total. The summed E-state index contributed by atoms with van der Waals surface area (Å²) in [5.41, 5.74) is 3.83. The molecule has 1 N–H and O–H groups in total. The van der Waals surface area contributed by atoms with Crippen LogP contribution in [0.3, 0.4) is 0 Å². The summed E-state index contributed by atoms with van der Waals surface area (Å²) < 4.78 is 5.62. The van der Waals surface area contributed by atoms with Crippen molar-refractivity contribution in [3.63, 3.8) is 0 Å². The molecule has 7 heteroatoms. The molecule has 1 aliphatic rings. The van der Waals surface area contributed by atoms with Gasteiger partial charge >= 0.3 is 0 Å². The number of hydrogen-bond donors (Lipinski definition) is 1. The van der Waals surface area contributed by atoms with Crippen LogP contribution in [0, 0.1) is 0 Å². The van der Waals surface area contributed by atoms with Crippen LogP contribution in [0.5, 0.6) is 0 Å². The van der Waals surface area contributed by atoms with Crippen molar-refractivity contribution in [2.24, 2.45) is 0 Å². The molecule has 1 fully saturated rings. The van der Waals surface area contributed by atoms with E-state index in [1.54, 1.807) is 22.7 Å². The van der Waals surface area contributed by atoms with Crippen molar-refractivity contribution in [3.05, 3.63) is 33.7 Å². The van der Waals surface area contributed by atoms with Crippen molar-refractivity contribution in [1.82, 2.24) is 15.2 Å². The van der Waals surface area contributed by atoms with Crippen LogP contribution in [0.25, 0.3) is 22.5 Å². The highest BCUT2D eigenvalue weighted by molar-refractivity contribution is 7.08. The molecule has 23 heavy (non-hydrogen) atoms. The van der Waals surface area contributed by atoms with Crippen molar-refractivity contribution in [3.8, 4) is 22.5 Å². The molecular weight excluding hydrogens is 328 g/mol. The Kier molecular flexibility index (Phi) is 4.32. The van der Waals surface area contributed by atoms with E-state index in [9.17, 15) is 0 Å². The molecule has 1 atom stereocenters. The summed E-state index contributed by atoms with van der Waals surface area (Å²) in [4.78, 5) is 4.70. The highest BCUT2D eigenvalue weighted by Crippen LogP contribution is 2.31. The number of ether oxygens (including phenoxy) is 1. The number of rotatable bonds is 5. The van der Waals surface area contributed by atoms with Gasteiger partial charge in [-0.1, -0.05) is 0 Å². The highest BCUT2D eigenvalue weighted by Gasteiger charge is 2.17. The first kappa shape index (κ1) is 14.7. The summed E-state index contributed by atoms with van der Waals surface area (Å²) in [6.07, 6.45) is 2.47. The maximum absolute atomic E-state index is 5.62. The summed E-state index contributed by atoms with van der Waals surface area (Å²) >= 11 is 3.30. The average molecular weight is 344 g/mol. The van der Waals surface area contributed by atoms with E-state index >= 15 is 0 Å². The van der Waals surface area contributed by atoms with E-state index in [4.69, 9.17) is 9.72 Å². The predicted octanol–water partition coefficient (Wildman–Crippen LogP) is 3.92. The first-order chi connectivity index (χ1) is 11.4. The van der Waals surface area contributed by atoms with Gasteiger partial charge in [-0.25, -0.2) is 4.98 Å². The second-order valence-electron chi connectivity index (χ2n) is 5.37. The maximum atomic E-state index is 5.62. The van der Waals surface area contributed by atoms with Gasteiger partial charge in [-0.05, 0) is 35.7 Å². The minimum Gasteiger partial charge on any atom is -0.376 e. The lowest BCUT2D eigenvalue weighted by molar-refractivity contribution is 0.120. The van der Waals surface area contributed by atoms with E-state index in [-0.39, 0.29) is 6.10 Å². The predicted molar refractivity (Wildman–Crippen MR) is 93.9 cm³/mol. The van der Waals surface area contributed by atoms with E-state index in [1.165, 1.54) is 0 Å². The van der Waals surface area contributed by atoms with Crippen LogP contribution >= 0.6 is 22.7 Å². The van der Waals surface area contributed by atoms with Gasteiger partial charge in [0.1, 0.15) is 11.4 Å². The summed E-state index contributed by atoms with van der Waals surface area (Å²) in [6, 6.07) is 4.11. The largest absolute Gasteiger partial charge is 0.376 e. The topological polar surface area (TPSA) is 59.9 Å². The van der Waals surface area contributed by atoms with Crippen LogP contribution in [0.1, 0.15) is 12.8 Å². The maximum Gasteiger partial charge on any atom is 0.243 e. The Balaban J connectivity index is 1.63. The van der Waals surface area contributed by atoms with E-state index in [0.29, 0.717) is 5.95 Å². The van der Waals surface area contributed by atoms with Crippen molar-refractivity contribution in [2.45, 2.75) is 18.9 Å². The molecule has 0 aliphatic carbocycles. The van der Waals surface area contributed by atoms with Gasteiger partial charge in [0.05, 0.1) is 6.10 Å². The summed E-state index contributed by atoms with van der Waals surface area (Å²) in [5.74, 6) is 0.556. The molecule has 118 valence electrons.